The van der Waals surface area contributed by atoms with E-state index in [-0.39, 0.29) is 23.6 Å². The van der Waals surface area contributed by atoms with Crippen LogP contribution < -0.4 is 10.1 Å². The summed E-state index contributed by atoms with van der Waals surface area (Å²) < 4.78 is 5.16. The molecule has 0 aliphatic carbocycles. The van der Waals surface area contributed by atoms with Crippen LogP contribution in [0.5, 0.6) is 5.75 Å². The van der Waals surface area contributed by atoms with Gasteiger partial charge in [0.05, 0.1) is 30.6 Å². The minimum atomic E-state index is -0.326. The van der Waals surface area contributed by atoms with E-state index in [0.29, 0.717) is 36.6 Å². The molecule has 2 aromatic heterocycles. The van der Waals surface area contributed by atoms with Crippen LogP contribution in [0.15, 0.2) is 49.1 Å². The van der Waals surface area contributed by atoms with E-state index >= 15 is 0 Å². The minimum Gasteiger partial charge on any atom is -0.497 e. The largest absolute Gasteiger partial charge is 0.497 e. The van der Waals surface area contributed by atoms with Gasteiger partial charge in [-0.15, -0.1) is 0 Å². The van der Waals surface area contributed by atoms with Gasteiger partial charge in [-0.05, 0) is 37.5 Å². The van der Waals surface area contributed by atoms with Crippen molar-refractivity contribution in [1.29, 1.82) is 0 Å². The maximum absolute atomic E-state index is 13.0. The zero-order valence-corrected chi connectivity index (χ0v) is 18.0. The molecule has 9 heteroatoms. The van der Waals surface area contributed by atoms with Gasteiger partial charge in [0.1, 0.15) is 17.3 Å². The number of benzene rings is 1. The number of hydrogen-bond donors (Lipinski definition) is 1. The molecule has 1 N–H and O–H groups in total. The normalized spacial score (nSPS) is 15.4. The summed E-state index contributed by atoms with van der Waals surface area (Å²) in [5.74, 6) is 0.796. The molecule has 32 heavy (non-hydrogen) atoms. The Morgan fingerprint density at radius 3 is 2.69 bits per heavy atom. The Morgan fingerprint density at radius 1 is 1.16 bits per heavy atom. The van der Waals surface area contributed by atoms with Gasteiger partial charge in [-0.2, -0.15) is 0 Å². The summed E-state index contributed by atoms with van der Waals surface area (Å²) in [5, 5.41) is 2.93. The lowest BCUT2D eigenvalue weighted by molar-refractivity contribution is 0.0722. The van der Waals surface area contributed by atoms with Crippen molar-refractivity contribution >= 4 is 11.8 Å². The zero-order valence-electron chi connectivity index (χ0n) is 18.0. The van der Waals surface area contributed by atoms with Gasteiger partial charge in [-0.25, -0.2) is 15.0 Å². The average molecular weight is 432 g/mol. The molecule has 0 saturated carbocycles. The second-order valence-corrected chi connectivity index (χ2v) is 7.49. The number of rotatable bonds is 6. The highest BCUT2D eigenvalue weighted by molar-refractivity contribution is 5.96. The second kappa shape index (κ2) is 9.51. The number of methoxy groups -OCH3 is 1. The van der Waals surface area contributed by atoms with Crippen molar-refractivity contribution in [2.45, 2.75) is 32.4 Å². The number of nitrogens with one attached hydrogen (secondary N) is 1. The van der Waals surface area contributed by atoms with E-state index in [1.165, 1.54) is 24.8 Å². The Morgan fingerprint density at radius 2 is 1.97 bits per heavy atom. The molecule has 164 valence electrons. The summed E-state index contributed by atoms with van der Waals surface area (Å²) >= 11 is 0. The van der Waals surface area contributed by atoms with Crippen molar-refractivity contribution in [3.05, 3.63) is 77.4 Å². The summed E-state index contributed by atoms with van der Waals surface area (Å²) in [7, 11) is 1.61. The van der Waals surface area contributed by atoms with Gasteiger partial charge in [-0.3, -0.25) is 14.6 Å². The monoisotopic (exact) mass is 432 g/mol. The number of aryl methyl sites for hydroxylation is 1. The molecule has 3 aromatic rings. The van der Waals surface area contributed by atoms with Crippen LogP contribution in [0.1, 0.15) is 56.8 Å². The average Bonchev–Trinajstić information content (AvgIpc) is 3.32. The molecular weight excluding hydrogens is 408 g/mol. The molecule has 1 fully saturated rings. The van der Waals surface area contributed by atoms with E-state index < -0.39 is 0 Å². The van der Waals surface area contributed by atoms with E-state index in [4.69, 9.17) is 4.74 Å². The van der Waals surface area contributed by atoms with Gasteiger partial charge in [-0.1, -0.05) is 12.1 Å². The third-order valence-corrected chi connectivity index (χ3v) is 5.41. The predicted octanol–water partition coefficient (Wildman–Crippen LogP) is 2.49. The summed E-state index contributed by atoms with van der Waals surface area (Å²) in [5.41, 5.74) is 2.14. The molecule has 0 spiro atoms. The van der Waals surface area contributed by atoms with Crippen molar-refractivity contribution in [3.63, 3.8) is 0 Å². The van der Waals surface area contributed by atoms with E-state index in [1.807, 2.05) is 24.3 Å². The number of nitrogens with zero attached hydrogens (tertiary/aromatic N) is 5. The third-order valence-electron chi connectivity index (χ3n) is 5.41. The SMILES string of the molecule is COc1ccc(CNC(=O)c2cnc(C)nc2[C@@H]2CCCN2C(=O)c2cnccn2)cc1. The molecule has 1 saturated heterocycles. The Balaban J connectivity index is 1.55. The van der Waals surface area contributed by atoms with E-state index in [2.05, 4.69) is 25.3 Å². The van der Waals surface area contributed by atoms with E-state index in [1.54, 1.807) is 18.9 Å². The molecule has 0 bridgehead atoms. The molecular formula is C23H24N6O3. The smallest absolute Gasteiger partial charge is 0.274 e. The van der Waals surface area contributed by atoms with Gasteiger partial charge in [0.15, 0.2) is 0 Å². The first kappa shape index (κ1) is 21.4. The second-order valence-electron chi connectivity index (χ2n) is 7.49. The maximum Gasteiger partial charge on any atom is 0.274 e. The van der Waals surface area contributed by atoms with Crippen molar-refractivity contribution in [1.82, 2.24) is 30.2 Å². The predicted molar refractivity (Wildman–Crippen MR) is 116 cm³/mol. The lowest BCUT2D eigenvalue weighted by Crippen LogP contribution is -2.34. The van der Waals surface area contributed by atoms with Gasteiger partial charge in [0.2, 0.25) is 0 Å². The van der Waals surface area contributed by atoms with Crippen LogP contribution in [0.25, 0.3) is 0 Å². The summed E-state index contributed by atoms with van der Waals surface area (Å²) in [6.07, 6.45) is 7.52. The van der Waals surface area contributed by atoms with Crippen molar-refractivity contribution < 1.29 is 14.3 Å². The van der Waals surface area contributed by atoms with Gasteiger partial charge in [0.25, 0.3) is 11.8 Å². The first-order valence-electron chi connectivity index (χ1n) is 10.4. The Kier molecular flexibility index (Phi) is 6.34. The van der Waals surface area contributed by atoms with Crippen LogP contribution in [0.4, 0.5) is 0 Å². The fraction of sp³-hybridized carbons (Fsp3) is 0.304. The first-order chi connectivity index (χ1) is 15.6. The summed E-state index contributed by atoms with van der Waals surface area (Å²) in [6.45, 7) is 2.69. The third kappa shape index (κ3) is 4.56. The number of likely N-dealkylation sites (tertiary alicyclic amines) is 1. The van der Waals surface area contributed by atoms with Crippen LogP contribution in [0, 0.1) is 6.92 Å². The van der Waals surface area contributed by atoms with Crippen molar-refractivity contribution in [2.24, 2.45) is 0 Å². The quantitative estimate of drug-likeness (QED) is 0.637. The summed E-state index contributed by atoms with van der Waals surface area (Å²) in [4.78, 5) is 44.7. The number of ether oxygens (including phenoxy) is 1. The first-order valence-corrected chi connectivity index (χ1v) is 10.4. The molecule has 9 nitrogen and oxygen atoms in total. The molecule has 1 aliphatic heterocycles. The topological polar surface area (TPSA) is 110 Å². The maximum atomic E-state index is 13.0. The van der Waals surface area contributed by atoms with Crippen LogP contribution >= 0.6 is 0 Å². The fourth-order valence-corrected chi connectivity index (χ4v) is 3.79. The molecule has 4 rings (SSSR count). The molecule has 3 heterocycles. The molecule has 2 amide bonds. The number of aromatic nitrogens is 4. The lowest BCUT2D eigenvalue weighted by Gasteiger charge is -2.25. The van der Waals surface area contributed by atoms with Crippen molar-refractivity contribution in [2.75, 3.05) is 13.7 Å². The number of carbonyl (C=O) groups excluding carboxylic acids is 2. The van der Waals surface area contributed by atoms with Gasteiger partial charge in [0, 0.05) is 31.7 Å². The standard InChI is InChI=1S/C23H24N6O3/c1-15-26-13-18(22(30)27-12-16-5-7-17(32-2)8-6-16)21(28-15)20-4-3-11-29(20)23(31)19-14-24-9-10-25-19/h5-10,13-14,20H,3-4,11-12H2,1-2H3,(H,27,30)/t20-/m0/s1. The zero-order chi connectivity index (χ0) is 22.5. The summed E-state index contributed by atoms with van der Waals surface area (Å²) in [6, 6.07) is 7.15. The van der Waals surface area contributed by atoms with Crippen LogP contribution in [-0.2, 0) is 6.54 Å². The molecule has 1 atom stereocenters. The molecule has 1 aliphatic rings. The lowest BCUT2D eigenvalue weighted by atomic mass is 10.0. The Bertz CT molecular complexity index is 1100. The minimum absolute atomic E-state index is 0.221. The van der Waals surface area contributed by atoms with E-state index in [9.17, 15) is 9.59 Å². The highest BCUT2D eigenvalue weighted by atomic mass is 16.5. The van der Waals surface area contributed by atoms with E-state index in [0.717, 1.165) is 17.7 Å². The molecule has 0 unspecified atom stereocenters. The van der Waals surface area contributed by atoms with Gasteiger partial charge >= 0.3 is 0 Å². The van der Waals surface area contributed by atoms with Crippen LogP contribution in [-0.4, -0.2) is 50.3 Å². The van der Waals surface area contributed by atoms with Crippen LogP contribution in [0.2, 0.25) is 0 Å². The molecule has 1 aromatic carbocycles. The number of amides is 2. The fourth-order valence-electron chi connectivity index (χ4n) is 3.79. The van der Waals surface area contributed by atoms with Gasteiger partial charge < -0.3 is 15.0 Å². The number of hydrogen-bond acceptors (Lipinski definition) is 7. The van der Waals surface area contributed by atoms with Crippen molar-refractivity contribution in [3.8, 4) is 5.75 Å². The number of carbonyl (C=O) groups is 2. The Labute approximate surface area is 185 Å². The van der Waals surface area contributed by atoms with Crippen LogP contribution in [0.3, 0.4) is 0 Å². The molecule has 0 radical (unpaired) electrons. The Hall–Kier alpha value is -3.88. The highest BCUT2D eigenvalue weighted by Crippen LogP contribution is 2.33. The highest BCUT2D eigenvalue weighted by Gasteiger charge is 2.35.